The molecule has 0 amide bonds. The van der Waals surface area contributed by atoms with Crippen molar-refractivity contribution in [2.24, 2.45) is 0 Å². The van der Waals surface area contributed by atoms with Gasteiger partial charge in [-0.05, 0) is 24.1 Å². The van der Waals surface area contributed by atoms with Gasteiger partial charge in [0.25, 0.3) is 0 Å². The number of nitrogens with one attached hydrogen (secondary N) is 1. The first-order valence-corrected chi connectivity index (χ1v) is 7.99. The van der Waals surface area contributed by atoms with Crippen molar-refractivity contribution in [1.29, 1.82) is 0 Å². The SMILES string of the molecule is CCC(C)Sc1cc(Br)ccc1CNCCOC. The average molecular weight is 332 g/mol. The molecule has 1 rings (SSSR count). The summed E-state index contributed by atoms with van der Waals surface area (Å²) in [6.07, 6.45) is 1.19. The Morgan fingerprint density at radius 1 is 1.44 bits per heavy atom. The summed E-state index contributed by atoms with van der Waals surface area (Å²) < 4.78 is 6.18. The highest BCUT2D eigenvalue weighted by atomic mass is 79.9. The van der Waals surface area contributed by atoms with Gasteiger partial charge in [0.2, 0.25) is 0 Å². The Kier molecular flexibility index (Phi) is 7.98. The van der Waals surface area contributed by atoms with E-state index < -0.39 is 0 Å². The highest BCUT2D eigenvalue weighted by Gasteiger charge is 2.07. The van der Waals surface area contributed by atoms with Crippen molar-refractivity contribution < 1.29 is 4.74 Å². The molecule has 1 atom stereocenters. The second kappa shape index (κ2) is 8.97. The quantitative estimate of drug-likeness (QED) is 0.573. The van der Waals surface area contributed by atoms with E-state index in [2.05, 4.69) is 53.3 Å². The first kappa shape index (κ1) is 16.0. The maximum atomic E-state index is 5.04. The van der Waals surface area contributed by atoms with Crippen LogP contribution in [0.2, 0.25) is 0 Å². The van der Waals surface area contributed by atoms with Crippen molar-refractivity contribution in [1.82, 2.24) is 5.32 Å². The van der Waals surface area contributed by atoms with Crippen LogP contribution < -0.4 is 5.32 Å². The van der Waals surface area contributed by atoms with E-state index in [4.69, 9.17) is 4.74 Å². The van der Waals surface area contributed by atoms with Crippen molar-refractivity contribution in [3.63, 3.8) is 0 Å². The van der Waals surface area contributed by atoms with Gasteiger partial charge >= 0.3 is 0 Å². The highest BCUT2D eigenvalue weighted by Crippen LogP contribution is 2.30. The molecule has 102 valence electrons. The van der Waals surface area contributed by atoms with Crippen LogP contribution in [0.15, 0.2) is 27.6 Å². The van der Waals surface area contributed by atoms with E-state index in [1.54, 1.807) is 7.11 Å². The minimum Gasteiger partial charge on any atom is -0.383 e. The van der Waals surface area contributed by atoms with Gasteiger partial charge in [-0.2, -0.15) is 0 Å². The lowest BCUT2D eigenvalue weighted by Crippen LogP contribution is -2.19. The molecule has 0 aromatic heterocycles. The smallest absolute Gasteiger partial charge is 0.0587 e. The summed E-state index contributed by atoms with van der Waals surface area (Å²) in [6, 6.07) is 6.51. The topological polar surface area (TPSA) is 21.3 Å². The van der Waals surface area contributed by atoms with Crippen LogP contribution in [0.5, 0.6) is 0 Å². The Hall–Kier alpha value is -0.0300. The Bertz CT molecular complexity index is 360. The first-order chi connectivity index (χ1) is 8.67. The van der Waals surface area contributed by atoms with Gasteiger partial charge in [0, 0.05) is 34.8 Å². The Morgan fingerprint density at radius 2 is 2.22 bits per heavy atom. The minimum atomic E-state index is 0.650. The summed E-state index contributed by atoms with van der Waals surface area (Å²) in [7, 11) is 1.73. The third-order valence-corrected chi connectivity index (χ3v) is 4.59. The van der Waals surface area contributed by atoms with Crippen LogP contribution >= 0.6 is 27.7 Å². The van der Waals surface area contributed by atoms with Crippen LogP contribution in [0, 0.1) is 0 Å². The van der Waals surface area contributed by atoms with E-state index in [1.807, 2.05) is 11.8 Å². The van der Waals surface area contributed by atoms with Gasteiger partial charge in [0.1, 0.15) is 0 Å². The van der Waals surface area contributed by atoms with Crippen LogP contribution in [0.1, 0.15) is 25.8 Å². The van der Waals surface area contributed by atoms with E-state index >= 15 is 0 Å². The fourth-order valence-electron chi connectivity index (χ4n) is 1.48. The Labute approximate surface area is 123 Å². The molecule has 0 heterocycles. The number of benzene rings is 1. The molecule has 0 fully saturated rings. The lowest BCUT2D eigenvalue weighted by molar-refractivity contribution is 0.199. The maximum absolute atomic E-state index is 5.04. The van der Waals surface area contributed by atoms with Crippen molar-refractivity contribution in [3.05, 3.63) is 28.2 Å². The third-order valence-electron chi connectivity index (χ3n) is 2.73. The summed E-state index contributed by atoms with van der Waals surface area (Å²) in [5, 5.41) is 4.05. The largest absolute Gasteiger partial charge is 0.383 e. The second-order valence-corrected chi connectivity index (χ2v) is 6.65. The van der Waals surface area contributed by atoms with E-state index in [9.17, 15) is 0 Å². The number of hydrogen-bond acceptors (Lipinski definition) is 3. The molecule has 1 aromatic rings. The van der Waals surface area contributed by atoms with Crippen LogP contribution in [-0.4, -0.2) is 25.5 Å². The number of ether oxygens (including phenoxy) is 1. The molecule has 1 unspecified atom stereocenters. The summed E-state index contributed by atoms with van der Waals surface area (Å²) >= 11 is 5.49. The van der Waals surface area contributed by atoms with E-state index in [1.165, 1.54) is 16.9 Å². The highest BCUT2D eigenvalue weighted by molar-refractivity contribution is 9.10. The lowest BCUT2D eigenvalue weighted by atomic mass is 10.2. The normalized spacial score (nSPS) is 12.7. The fraction of sp³-hybridized carbons (Fsp3) is 0.571. The van der Waals surface area contributed by atoms with Gasteiger partial charge in [-0.25, -0.2) is 0 Å². The van der Waals surface area contributed by atoms with Crippen molar-refractivity contribution >= 4 is 27.7 Å². The zero-order valence-corrected chi connectivity index (χ0v) is 13.7. The van der Waals surface area contributed by atoms with Gasteiger partial charge in [0.05, 0.1) is 6.61 Å². The van der Waals surface area contributed by atoms with Crippen LogP contribution in [0.3, 0.4) is 0 Å². The van der Waals surface area contributed by atoms with Crippen molar-refractivity contribution in [3.8, 4) is 0 Å². The molecule has 0 bridgehead atoms. The second-order valence-electron chi connectivity index (χ2n) is 4.26. The summed E-state index contributed by atoms with van der Waals surface area (Å²) in [4.78, 5) is 1.36. The minimum absolute atomic E-state index is 0.650. The van der Waals surface area contributed by atoms with Crippen LogP contribution in [0.4, 0.5) is 0 Å². The van der Waals surface area contributed by atoms with E-state index in [0.29, 0.717) is 5.25 Å². The number of methoxy groups -OCH3 is 1. The average Bonchev–Trinajstić information content (AvgIpc) is 2.36. The molecule has 0 aliphatic carbocycles. The van der Waals surface area contributed by atoms with Gasteiger partial charge in [-0.15, -0.1) is 11.8 Å². The maximum Gasteiger partial charge on any atom is 0.0587 e. The molecule has 0 spiro atoms. The molecular weight excluding hydrogens is 310 g/mol. The molecule has 4 heteroatoms. The molecule has 0 radical (unpaired) electrons. The predicted octanol–water partition coefficient (Wildman–Crippen LogP) is 4.08. The van der Waals surface area contributed by atoms with Gasteiger partial charge in [0.15, 0.2) is 0 Å². The molecule has 0 saturated carbocycles. The summed E-state index contributed by atoms with van der Waals surface area (Å²) in [5.74, 6) is 0. The molecule has 2 nitrogen and oxygen atoms in total. The molecule has 0 aliphatic heterocycles. The molecule has 1 aromatic carbocycles. The van der Waals surface area contributed by atoms with E-state index in [-0.39, 0.29) is 0 Å². The zero-order chi connectivity index (χ0) is 13.4. The van der Waals surface area contributed by atoms with Crippen LogP contribution in [0.25, 0.3) is 0 Å². The Balaban J connectivity index is 2.64. The van der Waals surface area contributed by atoms with Crippen molar-refractivity contribution in [2.45, 2.75) is 37.0 Å². The molecular formula is C14H22BrNOS. The van der Waals surface area contributed by atoms with E-state index in [0.717, 1.165) is 24.2 Å². The van der Waals surface area contributed by atoms with Crippen LogP contribution in [-0.2, 0) is 11.3 Å². The molecule has 18 heavy (non-hydrogen) atoms. The third kappa shape index (κ3) is 5.74. The van der Waals surface area contributed by atoms with Gasteiger partial charge < -0.3 is 10.1 Å². The Morgan fingerprint density at radius 3 is 2.89 bits per heavy atom. The fourth-order valence-corrected chi connectivity index (χ4v) is 3.08. The van der Waals surface area contributed by atoms with Crippen molar-refractivity contribution in [2.75, 3.05) is 20.3 Å². The number of halogens is 1. The number of hydrogen-bond donors (Lipinski definition) is 1. The summed E-state index contributed by atoms with van der Waals surface area (Å²) in [6.45, 7) is 7.04. The predicted molar refractivity (Wildman–Crippen MR) is 83.3 cm³/mol. The molecule has 1 N–H and O–H groups in total. The standard InChI is InChI=1S/C14H22BrNOS/c1-4-11(2)18-14-9-13(15)6-5-12(14)10-16-7-8-17-3/h5-6,9,11,16H,4,7-8,10H2,1-3H3. The molecule has 0 saturated heterocycles. The van der Waals surface area contributed by atoms with Gasteiger partial charge in [-0.3, -0.25) is 0 Å². The zero-order valence-electron chi connectivity index (χ0n) is 11.3. The number of rotatable bonds is 8. The lowest BCUT2D eigenvalue weighted by Gasteiger charge is -2.14. The summed E-state index contributed by atoms with van der Waals surface area (Å²) in [5.41, 5.74) is 1.36. The first-order valence-electron chi connectivity index (χ1n) is 6.32. The number of thioether (sulfide) groups is 1. The molecule has 0 aliphatic rings. The van der Waals surface area contributed by atoms with Gasteiger partial charge in [-0.1, -0.05) is 35.8 Å². The monoisotopic (exact) mass is 331 g/mol.